The average molecular weight is 339 g/mol. The zero-order valence-corrected chi connectivity index (χ0v) is 14.3. The SMILES string of the molecule is C=C=CN1CC(c2cccc(Cl)c2)C(C(=O)c2cccc(C)c2)N1. The summed E-state index contributed by atoms with van der Waals surface area (Å²) in [5, 5.41) is 2.53. The van der Waals surface area contributed by atoms with Gasteiger partial charge in [0.1, 0.15) is 0 Å². The van der Waals surface area contributed by atoms with E-state index >= 15 is 0 Å². The molecular formula is C20H19ClN2O. The Morgan fingerprint density at radius 3 is 2.83 bits per heavy atom. The highest BCUT2D eigenvalue weighted by Crippen LogP contribution is 2.30. The van der Waals surface area contributed by atoms with Gasteiger partial charge < -0.3 is 5.01 Å². The van der Waals surface area contributed by atoms with Gasteiger partial charge in [-0.05, 0) is 30.7 Å². The van der Waals surface area contributed by atoms with Gasteiger partial charge in [-0.15, -0.1) is 5.73 Å². The molecule has 4 heteroatoms. The topological polar surface area (TPSA) is 32.3 Å². The maximum absolute atomic E-state index is 13.0. The second kappa shape index (κ2) is 7.06. The molecule has 1 fully saturated rings. The molecule has 2 atom stereocenters. The summed E-state index contributed by atoms with van der Waals surface area (Å²) in [6, 6.07) is 15.0. The zero-order valence-electron chi connectivity index (χ0n) is 13.5. The van der Waals surface area contributed by atoms with Crippen LogP contribution in [-0.2, 0) is 0 Å². The number of benzene rings is 2. The van der Waals surface area contributed by atoms with E-state index in [-0.39, 0.29) is 17.7 Å². The van der Waals surface area contributed by atoms with Crippen LogP contribution in [-0.4, -0.2) is 23.4 Å². The zero-order chi connectivity index (χ0) is 17.1. The summed E-state index contributed by atoms with van der Waals surface area (Å²) >= 11 is 6.14. The Kier molecular flexibility index (Phi) is 4.86. The highest BCUT2D eigenvalue weighted by atomic mass is 35.5. The average Bonchev–Trinajstić information content (AvgIpc) is 2.98. The van der Waals surface area contributed by atoms with Crippen LogP contribution in [0.25, 0.3) is 0 Å². The Bertz CT molecular complexity index is 811. The van der Waals surface area contributed by atoms with Crippen LogP contribution in [0.4, 0.5) is 0 Å². The fourth-order valence-electron chi connectivity index (χ4n) is 3.09. The van der Waals surface area contributed by atoms with Gasteiger partial charge in [0.2, 0.25) is 0 Å². The van der Waals surface area contributed by atoms with Crippen molar-refractivity contribution in [2.24, 2.45) is 0 Å². The maximum Gasteiger partial charge on any atom is 0.182 e. The number of ketones is 1. The van der Waals surface area contributed by atoms with E-state index in [0.717, 1.165) is 11.1 Å². The van der Waals surface area contributed by atoms with Gasteiger partial charge in [-0.1, -0.05) is 54.1 Å². The molecule has 0 spiro atoms. The lowest BCUT2D eigenvalue weighted by molar-refractivity contribution is 0.0931. The summed E-state index contributed by atoms with van der Waals surface area (Å²) in [4.78, 5) is 13.0. The minimum absolute atomic E-state index is 0.00122. The lowest BCUT2D eigenvalue weighted by Crippen LogP contribution is -2.38. The van der Waals surface area contributed by atoms with Crippen LogP contribution in [0.5, 0.6) is 0 Å². The summed E-state index contributed by atoms with van der Waals surface area (Å²) < 4.78 is 0. The quantitative estimate of drug-likeness (QED) is 0.673. The molecule has 3 nitrogen and oxygen atoms in total. The number of nitrogens with zero attached hydrogens (tertiary/aromatic N) is 1. The second-order valence-electron chi connectivity index (χ2n) is 5.99. The summed E-state index contributed by atoms with van der Waals surface area (Å²) in [5.74, 6) is 0.0740. The number of halogens is 1. The highest BCUT2D eigenvalue weighted by molar-refractivity contribution is 6.30. The first-order valence-corrected chi connectivity index (χ1v) is 8.21. The van der Waals surface area contributed by atoms with Gasteiger partial charge in [-0.2, -0.15) is 0 Å². The van der Waals surface area contributed by atoms with E-state index in [2.05, 4.69) is 17.7 Å². The fourth-order valence-corrected chi connectivity index (χ4v) is 3.29. The molecule has 0 amide bonds. The van der Waals surface area contributed by atoms with Crippen molar-refractivity contribution in [1.29, 1.82) is 0 Å². The molecule has 122 valence electrons. The van der Waals surface area contributed by atoms with Crippen molar-refractivity contribution >= 4 is 17.4 Å². The molecular weight excluding hydrogens is 320 g/mol. The van der Waals surface area contributed by atoms with Gasteiger partial charge in [-0.25, -0.2) is 5.43 Å². The van der Waals surface area contributed by atoms with Crippen LogP contribution >= 0.6 is 11.6 Å². The first-order chi connectivity index (χ1) is 11.6. The first-order valence-electron chi connectivity index (χ1n) is 7.83. The molecule has 2 aromatic rings. The van der Waals surface area contributed by atoms with Crippen molar-refractivity contribution in [3.8, 4) is 0 Å². The predicted molar refractivity (Wildman–Crippen MR) is 97.0 cm³/mol. The third-order valence-corrected chi connectivity index (χ3v) is 4.44. The minimum atomic E-state index is -0.352. The molecule has 0 saturated carbocycles. The molecule has 2 aromatic carbocycles. The lowest BCUT2D eigenvalue weighted by Gasteiger charge is -2.18. The molecule has 0 bridgehead atoms. The Morgan fingerprint density at radius 1 is 1.33 bits per heavy atom. The van der Waals surface area contributed by atoms with Crippen LogP contribution in [0.15, 0.2) is 67.0 Å². The minimum Gasteiger partial charge on any atom is -0.307 e. The number of hydrogen-bond donors (Lipinski definition) is 1. The monoisotopic (exact) mass is 338 g/mol. The van der Waals surface area contributed by atoms with Gasteiger partial charge in [0.25, 0.3) is 0 Å². The van der Waals surface area contributed by atoms with Crippen molar-refractivity contribution < 1.29 is 4.79 Å². The number of carbonyl (C=O) groups excluding carboxylic acids is 1. The Hall–Kier alpha value is -2.32. The Balaban J connectivity index is 1.95. The van der Waals surface area contributed by atoms with E-state index < -0.39 is 0 Å². The van der Waals surface area contributed by atoms with Crippen molar-refractivity contribution in [2.75, 3.05) is 6.54 Å². The normalized spacial score (nSPS) is 19.8. The number of Topliss-reactive ketones (excluding diaryl/α,β-unsaturated/α-hetero) is 1. The van der Waals surface area contributed by atoms with Crippen LogP contribution in [0, 0.1) is 6.92 Å². The molecule has 1 N–H and O–H groups in total. The summed E-state index contributed by atoms with van der Waals surface area (Å²) in [6.45, 7) is 6.25. The van der Waals surface area contributed by atoms with Gasteiger partial charge >= 0.3 is 0 Å². The predicted octanol–water partition coefficient (Wildman–Crippen LogP) is 4.10. The lowest BCUT2D eigenvalue weighted by atomic mass is 9.88. The molecule has 1 aliphatic heterocycles. The van der Waals surface area contributed by atoms with Crippen molar-refractivity contribution in [1.82, 2.24) is 10.4 Å². The molecule has 1 heterocycles. The van der Waals surface area contributed by atoms with Crippen molar-refractivity contribution in [3.05, 3.63) is 88.8 Å². The standard InChI is InChI=1S/C20H19ClN2O/c1-3-10-23-13-18(15-7-5-9-17(21)12-15)19(22-23)20(24)16-8-4-6-14(2)11-16/h4-12,18-19,22H,1,13H2,2H3. The highest BCUT2D eigenvalue weighted by Gasteiger charge is 2.37. The van der Waals surface area contributed by atoms with E-state index in [1.54, 1.807) is 6.20 Å². The molecule has 0 aromatic heterocycles. The largest absolute Gasteiger partial charge is 0.307 e. The van der Waals surface area contributed by atoms with Crippen LogP contribution in [0.1, 0.15) is 27.4 Å². The molecule has 1 saturated heterocycles. The summed E-state index contributed by atoms with van der Waals surface area (Å²) in [5.41, 5.74) is 8.84. The number of hydrogen-bond acceptors (Lipinski definition) is 3. The van der Waals surface area contributed by atoms with Crippen molar-refractivity contribution in [3.63, 3.8) is 0 Å². The molecule has 0 aliphatic carbocycles. The molecule has 1 aliphatic rings. The van der Waals surface area contributed by atoms with E-state index in [1.807, 2.05) is 60.5 Å². The van der Waals surface area contributed by atoms with Crippen LogP contribution < -0.4 is 5.43 Å². The number of rotatable bonds is 4. The van der Waals surface area contributed by atoms with E-state index in [0.29, 0.717) is 17.1 Å². The Labute approximate surface area is 147 Å². The molecule has 2 unspecified atom stereocenters. The first kappa shape index (κ1) is 16.5. The molecule has 0 radical (unpaired) electrons. The van der Waals surface area contributed by atoms with E-state index in [4.69, 9.17) is 11.6 Å². The smallest absolute Gasteiger partial charge is 0.182 e. The third-order valence-electron chi connectivity index (χ3n) is 4.21. The number of nitrogens with one attached hydrogen (secondary N) is 1. The number of aryl methyl sites for hydroxylation is 1. The molecule has 24 heavy (non-hydrogen) atoms. The molecule has 3 rings (SSSR count). The summed E-state index contributed by atoms with van der Waals surface area (Å²) in [6.07, 6.45) is 1.72. The number of carbonyl (C=O) groups is 1. The van der Waals surface area contributed by atoms with Crippen LogP contribution in [0.2, 0.25) is 5.02 Å². The maximum atomic E-state index is 13.0. The van der Waals surface area contributed by atoms with Gasteiger partial charge in [0.15, 0.2) is 5.78 Å². The van der Waals surface area contributed by atoms with E-state index in [9.17, 15) is 4.79 Å². The van der Waals surface area contributed by atoms with Gasteiger partial charge in [-0.3, -0.25) is 4.79 Å². The number of hydrazine groups is 1. The van der Waals surface area contributed by atoms with Gasteiger partial charge in [0.05, 0.1) is 12.2 Å². The van der Waals surface area contributed by atoms with Crippen molar-refractivity contribution in [2.45, 2.75) is 18.9 Å². The fraction of sp³-hybridized carbons (Fsp3) is 0.200. The Morgan fingerprint density at radius 2 is 2.12 bits per heavy atom. The second-order valence-corrected chi connectivity index (χ2v) is 6.42. The van der Waals surface area contributed by atoms with E-state index in [1.165, 1.54) is 0 Å². The van der Waals surface area contributed by atoms with Gasteiger partial charge in [0, 0.05) is 23.0 Å². The summed E-state index contributed by atoms with van der Waals surface area (Å²) in [7, 11) is 0. The third kappa shape index (κ3) is 3.44. The van der Waals surface area contributed by atoms with Crippen LogP contribution in [0.3, 0.4) is 0 Å².